The van der Waals surface area contributed by atoms with Crippen LogP contribution in [0, 0.1) is 16.7 Å². The van der Waals surface area contributed by atoms with Gasteiger partial charge in [-0.3, -0.25) is 14.1 Å². The van der Waals surface area contributed by atoms with E-state index in [9.17, 15) is 22.6 Å². The molecule has 0 heterocycles. The van der Waals surface area contributed by atoms with Crippen LogP contribution < -0.4 is 0 Å². The van der Waals surface area contributed by atoms with Gasteiger partial charge in [-0.1, -0.05) is 29.8 Å². The van der Waals surface area contributed by atoms with Crippen molar-refractivity contribution < 1.29 is 22.6 Å². The van der Waals surface area contributed by atoms with Crippen molar-refractivity contribution in [2.75, 3.05) is 5.75 Å². The standard InChI is InChI=1S/C12H17BrO5S/c1-7(14)12(13)8-4-5-11(9(12)15,10(8,2)3)6-19(16,17)18/h8H,4-6H2,1-3H3,(H,16,17,18). The van der Waals surface area contributed by atoms with Gasteiger partial charge in [-0.15, -0.1) is 0 Å². The largest absolute Gasteiger partial charge is 0.298 e. The number of hydrogen-bond acceptors (Lipinski definition) is 4. The fourth-order valence-electron chi connectivity index (χ4n) is 4.06. The van der Waals surface area contributed by atoms with Crippen molar-refractivity contribution in [1.82, 2.24) is 0 Å². The van der Waals surface area contributed by atoms with Gasteiger partial charge in [0.05, 0.1) is 11.2 Å². The maximum atomic E-state index is 12.7. The molecule has 108 valence electrons. The Kier molecular flexibility index (Phi) is 3.09. The van der Waals surface area contributed by atoms with Gasteiger partial charge in [0.15, 0.2) is 11.6 Å². The van der Waals surface area contributed by atoms with Gasteiger partial charge in [0.25, 0.3) is 10.1 Å². The Morgan fingerprint density at radius 3 is 2.37 bits per heavy atom. The summed E-state index contributed by atoms with van der Waals surface area (Å²) in [7, 11) is -4.28. The van der Waals surface area contributed by atoms with Crippen LogP contribution in [0.5, 0.6) is 0 Å². The summed E-state index contributed by atoms with van der Waals surface area (Å²) in [6.07, 6.45) is 0.989. The second-order valence-corrected chi connectivity index (χ2v) is 8.92. The highest BCUT2D eigenvalue weighted by Gasteiger charge is 2.76. The lowest BCUT2D eigenvalue weighted by atomic mass is 9.70. The number of carbonyl (C=O) groups excluding carboxylic acids is 2. The molecule has 2 rings (SSSR count). The highest BCUT2D eigenvalue weighted by molar-refractivity contribution is 9.10. The van der Waals surface area contributed by atoms with Gasteiger partial charge in [-0.05, 0) is 31.1 Å². The summed E-state index contributed by atoms with van der Waals surface area (Å²) in [6, 6.07) is 0. The van der Waals surface area contributed by atoms with Crippen molar-refractivity contribution >= 4 is 37.6 Å². The maximum absolute atomic E-state index is 12.7. The second kappa shape index (κ2) is 3.89. The van der Waals surface area contributed by atoms with Crippen LogP contribution in [0.1, 0.15) is 33.6 Å². The van der Waals surface area contributed by atoms with Crippen LogP contribution in [0.25, 0.3) is 0 Å². The lowest BCUT2D eigenvalue weighted by Crippen LogP contribution is -2.49. The molecule has 19 heavy (non-hydrogen) atoms. The van der Waals surface area contributed by atoms with Gasteiger partial charge in [-0.2, -0.15) is 8.42 Å². The van der Waals surface area contributed by atoms with E-state index < -0.39 is 36.8 Å². The molecule has 0 aliphatic heterocycles. The normalized spacial score (nSPS) is 40.7. The van der Waals surface area contributed by atoms with E-state index in [2.05, 4.69) is 15.9 Å². The zero-order chi connectivity index (χ0) is 14.9. The van der Waals surface area contributed by atoms with Crippen LogP contribution in [-0.4, -0.2) is 34.6 Å². The van der Waals surface area contributed by atoms with E-state index in [1.54, 1.807) is 13.8 Å². The third-order valence-electron chi connectivity index (χ3n) is 5.15. The van der Waals surface area contributed by atoms with Crippen molar-refractivity contribution in [3.8, 4) is 0 Å². The fourth-order valence-corrected chi connectivity index (χ4v) is 6.51. The molecule has 0 aromatic carbocycles. The summed E-state index contributed by atoms with van der Waals surface area (Å²) in [4.78, 5) is 24.6. The van der Waals surface area contributed by atoms with E-state index in [0.717, 1.165) is 0 Å². The molecule has 0 radical (unpaired) electrons. The Labute approximate surface area is 121 Å². The first-order chi connectivity index (χ1) is 8.39. The second-order valence-electron chi connectivity index (χ2n) is 6.22. The number of carbonyl (C=O) groups is 2. The summed E-state index contributed by atoms with van der Waals surface area (Å²) >= 11 is 3.28. The predicted octanol–water partition coefficient (Wildman–Crippen LogP) is 1.60. The van der Waals surface area contributed by atoms with E-state index in [1.165, 1.54) is 6.92 Å². The molecule has 0 aromatic heterocycles. The number of hydrogen-bond donors (Lipinski definition) is 1. The summed E-state index contributed by atoms with van der Waals surface area (Å²) in [5.74, 6) is -1.55. The zero-order valence-electron chi connectivity index (χ0n) is 11.1. The number of alkyl halides is 1. The molecule has 0 saturated heterocycles. The number of Topliss-reactive ketones (excluding diaryl/α,β-unsaturated/α-hetero) is 2. The fraction of sp³-hybridized carbons (Fsp3) is 0.833. The van der Waals surface area contributed by atoms with E-state index >= 15 is 0 Å². The first-order valence-corrected chi connectivity index (χ1v) is 8.50. The van der Waals surface area contributed by atoms with Gasteiger partial charge in [0.1, 0.15) is 4.32 Å². The molecule has 3 unspecified atom stereocenters. The summed E-state index contributed by atoms with van der Waals surface area (Å²) in [5.41, 5.74) is -1.82. The Balaban J connectivity index is 2.63. The highest BCUT2D eigenvalue weighted by Crippen LogP contribution is 2.69. The Morgan fingerprint density at radius 1 is 1.47 bits per heavy atom. The topological polar surface area (TPSA) is 88.5 Å². The van der Waals surface area contributed by atoms with Crippen LogP contribution in [0.4, 0.5) is 0 Å². The molecule has 0 spiro atoms. The minimum atomic E-state index is -4.28. The molecule has 0 amide bonds. The Morgan fingerprint density at radius 2 is 2.00 bits per heavy atom. The zero-order valence-corrected chi connectivity index (χ0v) is 13.5. The Bertz CT molecular complexity index is 567. The van der Waals surface area contributed by atoms with Crippen molar-refractivity contribution in [1.29, 1.82) is 0 Å². The van der Waals surface area contributed by atoms with Gasteiger partial charge in [0.2, 0.25) is 0 Å². The number of halogens is 1. The van der Waals surface area contributed by atoms with E-state index in [1.807, 2.05) is 0 Å². The molecular weight excluding hydrogens is 336 g/mol. The monoisotopic (exact) mass is 352 g/mol. The lowest BCUT2D eigenvalue weighted by molar-refractivity contribution is -0.134. The van der Waals surface area contributed by atoms with Crippen molar-refractivity contribution in [3.05, 3.63) is 0 Å². The van der Waals surface area contributed by atoms with Crippen LogP contribution in [0.15, 0.2) is 0 Å². The van der Waals surface area contributed by atoms with E-state index in [0.29, 0.717) is 12.8 Å². The number of fused-ring (bicyclic) bond motifs is 2. The molecule has 2 bridgehead atoms. The highest BCUT2D eigenvalue weighted by atomic mass is 79.9. The van der Waals surface area contributed by atoms with Gasteiger partial charge in [-0.25, -0.2) is 0 Å². The van der Waals surface area contributed by atoms with Crippen LogP contribution in [-0.2, 0) is 19.7 Å². The molecule has 1 N–H and O–H groups in total. The molecular formula is C12H17BrO5S. The van der Waals surface area contributed by atoms with Crippen LogP contribution >= 0.6 is 15.9 Å². The molecule has 2 aliphatic carbocycles. The average molecular weight is 353 g/mol. The number of rotatable bonds is 3. The molecule has 7 heteroatoms. The van der Waals surface area contributed by atoms with Crippen LogP contribution in [0.2, 0.25) is 0 Å². The molecule has 5 nitrogen and oxygen atoms in total. The smallest absolute Gasteiger partial charge is 0.265 e. The van der Waals surface area contributed by atoms with Gasteiger partial charge >= 0.3 is 0 Å². The number of ketones is 2. The Hall–Kier alpha value is -0.270. The lowest BCUT2D eigenvalue weighted by Gasteiger charge is -2.35. The minimum absolute atomic E-state index is 0.244. The summed E-state index contributed by atoms with van der Waals surface area (Å²) in [6.45, 7) is 4.95. The average Bonchev–Trinajstić information content (AvgIpc) is 2.51. The third-order valence-corrected chi connectivity index (χ3v) is 7.48. The molecule has 3 atom stereocenters. The van der Waals surface area contributed by atoms with E-state index in [4.69, 9.17) is 0 Å². The minimum Gasteiger partial charge on any atom is -0.298 e. The van der Waals surface area contributed by atoms with Crippen molar-refractivity contribution in [2.24, 2.45) is 16.7 Å². The summed E-state index contributed by atoms with van der Waals surface area (Å²) < 4.78 is 30.4. The molecule has 2 fully saturated rings. The maximum Gasteiger partial charge on any atom is 0.265 e. The first kappa shape index (κ1) is 15.1. The quantitative estimate of drug-likeness (QED) is 0.473. The van der Waals surface area contributed by atoms with Crippen molar-refractivity contribution in [2.45, 2.75) is 37.9 Å². The third kappa shape index (κ3) is 1.70. The van der Waals surface area contributed by atoms with Crippen LogP contribution in [0.3, 0.4) is 0 Å². The van der Waals surface area contributed by atoms with Gasteiger partial charge < -0.3 is 0 Å². The molecule has 2 aliphatic rings. The summed E-state index contributed by atoms with van der Waals surface area (Å²) in [5, 5.41) is 0. The molecule has 0 aromatic rings. The van der Waals surface area contributed by atoms with Gasteiger partial charge in [0, 0.05) is 0 Å². The predicted molar refractivity (Wildman–Crippen MR) is 72.7 cm³/mol. The van der Waals surface area contributed by atoms with E-state index in [-0.39, 0.29) is 11.7 Å². The molecule has 2 saturated carbocycles. The SMILES string of the molecule is CC(=O)C1(Br)C(=O)C2(CS(=O)(=O)O)CCC1C2(C)C. The first-order valence-electron chi connectivity index (χ1n) is 6.09. The van der Waals surface area contributed by atoms with Crippen molar-refractivity contribution in [3.63, 3.8) is 0 Å².